The van der Waals surface area contributed by atoms with Gasteiger partial charge in [0.15, 0.2) is 0 Å². The first-order chi connectivity index (χ1) is 10.2. The van der Waals surface area contributed by atoms with Crippen LogP contribution in [0.3, 0.4) is 0 Å². The number of nitrogens with one attached hydrogen (secondary N) is 2. The maximum atomic E-state index is 11.9. The van der Waals surface area contributed by atoms with Gasteiger partial charge in [-0.15, -0.1) is 0 Å². The molecule has 2 aromatic rings. The predicted octanol–water partition coefficient (Wildman–Crippen LogP) is 3.12. The summed E-state index contributed by atoms with van der Waals surface area (Å²) in [4.78, 5) is 11.9. The van der Waals surface area contributed by atoms with Gasteiger partial charge < -0.3 is 19.8 Å². The lowest BCUT2D eigenvalue weighted by Crippen LogP contribution is -2.39. The zero-order valence-corrected chi connectivity index (χ0v) is 12.4. The van der Waals surface area contributed by atoms with Crippen molar-refractivity contribution in [3.8, 4) is 0 Å². The topological polar surface area (TPSA) is 63.5 Å². The Morgan fingerprint density at radius 3 is 2.71 bits per heavy atom. The average Bonchev–Trinajstić information content (AvgIpc) is 2.99. The molecule has 2 amide bonds. The normalized spacial score (nSPS) is 11.9. The van der Waals surface area contributed by atoms with Gasteiger partial charge in [0.1, 0.15) is 5.76 Å². The third kappa shape index (κ3) is 4.81. The van der Waals surface area contributed by atoms with E-state index in [-0.39, 0.29) is 12.1 Å². The molecule has 0 aliphatic heterocycles. The minimum absolute atomic E-state index is 0.246. The Morgan fingerprint density at radius 2 is 2.10 bits per heavy atom. The molecule has 1 atom stereocenters. The average molecular weight is 309 g/mol. The molecule has 21 heavy (non-hydrogen) atoms. The first-order valence-electron chi connectivity index (χ1n) is 6.50. The van der Waals surface area contributed by atoms with E-state index in [1.54, 1.807) is 37.6 Å². The number of benzene rings is 1. The quantitative estimate of drug-likeness (QED) is 0.862. The summed E-state index contributed by atoms with van der Waals surface area (Å²) >= 11 is 5.86. The Labute approximate surface area is 128 Å². The minimum Gasteiger partial charge on any atom is -0.467 e. The Bertz CT molecular complexity index is 555. The van der Waals surface area contributed by atoms with Gasteiger partial charge in [-0.25, -0.2) is 4.79 Å². The van der Waals surface area contributed by atoms with Crippen molar-refractivity contribution in [2.75, 3.05) is 13.7 Å². The summed E-state index contributed by atoms with van der Waals surface area (Å²) in [7, 11) is 1.59. The number of ether oxygens (including phenoxy) is 1. The highest BCUT2D eigenvalue weighted by Gasteiger charge is 2.14. The van der Waals surface area contributed by atoms with Gasteiger partial charge in [-0.05, 0) is 29.8 Å². The fourth-order valence-electron chi connectivity index (χ4n) is 1.87. The highest BCUT2D eigenvalue weighted by molar-refractivity contribution is 6.30. The number of furan rings is 1. The Morgan fingerprint density at radius 1 is 1.33 bits per heavy atom. The van der Waals surface area contributed by atoms with E-state index in [0.29, 0.717) is 23.9 Å². The Kier molecular flexibility index (Phi) is 5.66. The van der Waals surface area contributed by atoms with Crippen molar-refractivity contribution < 1.29 is 13.9 Å². The van der Waals surface area contributed by atoms with Crippen LogP contribution in [-0.4, -0.2) is 19.7 Å². The van der Waals surface area contributed by atoms with Crippen molar-refractivity contribution in [3.05, 3.63) is 59.0 Å². The number of amides is 2. The van der Waals surface area contributed by atoms with Crippen molar-refractivity contribution in [3.63, 3.8) is 0 Å². The monoisotopic (exact) mass is 308 g/mol. The third-order valence-corrected chi connectivity index (χ3v) is 3.17. The van der Waals surface area contributed by atoms with Crippen LogP contribution in [0.25, 0.3) is 0 Å². The van der Waals surface area contributed by atoms with E-state index in [4.69, 9.17) is 20.8 Å². The van der Waals surface area contributed by atoms with E-state index < -0.39 is 0 Å². The SMILES string of the molecule is COCC(NC(=O)NCc1ccco1)c1ccc(Cl)cc1. The summed E-state index contributed by atoms with van der Waals surface area (Å²) in [5, 5.41) is 6.24. The number of urea groups is 1. The molecule has 0 aliphatic carbocycles. The van der Waals surface area contributed by atoms with Crippen LogP contribution >= 0.6 is 11.6 Å². The molecule has 0 aliphatic rings. The van der Waals surface area contributed by atoms with Crippen LogP contribution in [0.2, 0.25) is 5.02 Å². The number of carbonyl (C=O) groups is 1. The first-order valence-corrected chi connectivity index (χ1v) is 6.88. The van der Waals surface area contributed by atoms with Crippen LogP contribution in [0.1, 0.15) is 17.4 Å². The predicted molar refractivity (Wildman–Crippen MR) is 80.1 cm³/mol. The van der Waals surface area contributed by atoms with E-state index in [0.717, 1.165) is 5.56 Å². The summed E-state index contributed by atoms with van der Waals surface area (Å²) in [5.74, 6) is 0.694. The molecule has 0 radical (unpaired) electrons. The molecule has 1 aromatic heterocycles. The molecule has 2 rings (SSSR count). The van der Waals surface area contributed by atoms with Gasteiger partial charge in [0.05, 0.1) is 25.5 Å². The number of rotatable bonds is 6. The van der Waals surface area contributed by atoms with Crippen LogP contribution in [-0.2, 0) is 11.3 Å². The van der Waals surface area contributed by atoms with Crippen molar-refractivity contribution in [1.82, 2.24) is 10.6 Å². The third-order valence-electron chi connectivity index (χ3n) is 2.91. The minimum atomic E-state index is -0.289. The molecule has 0 saturated carbocycles. The highest BCUT2D eigenvalue weighted by Crippen LogP contribution is 2.16. The summed E-state index contributed by atoms with van der Waals surface area (Å²) < 4.78 is 10.3. The van der Waals surface area contributed by atoms with Gasteiger partial charge in [-0.3, -0.25) is 0 Å². The van der Waals surface area contributed by atoms with Crippen LogP contribution in [0.15, 0.2) is 47.1 Å². The van der Waals surface area contributed by atoms with E-state index in [1.807, 2.05) is 12.1 Å². The highest BCUT2D eigenvalue weighted by atomic mass is 35.5. The standard InChI is InChI=1S/C15H17ClN2O3/c1-20-10-14(11-4-6-12(16)7-5-11)18-15(19)17-9-13-3-2-8-21-13/h2-8,14H,9-10H2,1H3,(H2,17,18,19). The molecule has 0 fully saturated rings. The van der Waals surface area contributed by atoms with Crippen molar-refractivity contribution in [2.45, 2.75) is 12.6 Å². The zero-order valence-electron chi connectivity index (χ0n) is 11.6. The lowest BCUT2D eigenvalue weighted by Gasteiger charge is -2.18. The summed E-state index contributed by atoms with van der Waals surface area (Å²) in [6, 6.07) is 10.3. The van der Waals surface area contributed by atoms with E-state index in [2.05, 4.69) is 10.6 Å². The van der Waals surface area contributed by atoms with Crippen LogP contribution in [0.5, 0.6) is 0 Å². The first kappa shape index (κ1) is 15.4. The van der Waals surface area contributed by atoms with Gasteiger partial charge in [0, 0.05) is 12.1 Å². The van der Waals surface area contributed by atoms with Gasteiger partial charge in [0.25, 0.3) is 0 Å². The van der Waals surface area contributed by atoms with Gasteiger partial charge in [-0.1, -0.05) is 23.7 Å². The molecule has 112 valence electrons. The van der Waals surface area contributed by atoms with Crippen LogP contribution in [0, 0.1) is 0 Å². The molecule has 0 saturated heterocycles. The molecule has 0 bridgehead atoms. The summed E-state index contributed by atoms with van der Waals surface area (Å²) in [6.45, 7) is 0.703. The summed E-state index contributed by atoms with van der Waals surface area (Å²) in [6.07, 6.45) is 1.57. The van der Waals surface area contributed by atoms with Crippen molar-refractivity contribution >= 4 is 17.6 Å². The van der Waals surface area contributed by atoms with Gasteiger partial charge in [-0.2, -0.15) is 0 Å². The van der Waals surface area contributed by atoms with Crippen molar-refractivity contribution in [1.29, 1.82) is 0 Å². The van der Waals surface area contributed by atoms with Crippen molar-refractivity contribution in [2.24, 2.45) is 0 Å². The van der Waals surface area contributed by atoms with Crippen LogP contribution < -0.4 is 10.6 Å². The zero-order chi connectivity index (χ0) is 15.1. The maximum Gasteiger partial charge on any atom is 0.315 e. The number of hydrogen-bond acceptors (Lipinski definition) is 3. The second kappa shape index (κ2) is 7.71. The number of hydrogen-bond donors (Lipinski definition) is 2. The van der Waals surface area contributed by atoms with E-state index >= 15 is 0 Å². The molecule has 1 heterocycles. The second-order valence-corrected chi connectivity index (χ2v) is 4.90. The molecular formula is C15H17ClN2O3. The molecule has 0 spiro atoms. The van der Waals surface area contributed by atoms with E-state index in [1.165, 1.54) is 0 Å². The molecule has 1 aromatic carbocycles. The van der Waals surface area contributed by atoms with Gasteiger partial charge in [0.2, 0.25) is 0 Å². The molecular weight excluding hydrogens is 292 g/mol. The fourth-order valence-corrected chi connectivity index (χ4v) is 2.00. The Balaban J connectivity index is 1.92. The fraction of sp³-hybridized carbons (Fsp3) is 0.267. The molecule has 2 N–H and O–H groups in total. The lowest BCUT2D eigenvalue weighted by molar-refractivity contribution is 0.165. The second-order valence-electron chi connectivity index (χ2n) is 4.47. The number of methoxy groups -OCH3 is 1. The van der Waals surface area contributed by atoms with E-state index in [9.17, 15) is 4.79 Å². The number of carbonyl (C=O) groups excluding carboxylic acids is 1. The molecule has 1 unspecified atom stereocenters. The maximum absolute atomic E-state index is 11.9. The number of halogens is 1. The van der Waals surface area contributed by atoms with Crippen LogP contribution in [0.4, 0.5) is 4.79 Å². The lowest BCUT2D eigenvalue weighted by atomic mass is 10.1. The molecule has 6 heteroatoms. The summed E-state index contributed by atoms with van der Waals surface area (Å²) in [5.41, 5.74) is 0.925. The Hall–Kier alpha value is -1.98. The largest absolute Gasteiger partial charge is 0.467 e. The smallest absolute Gasteiger partial charge is 0.315 e. The molecule has 5 nitrogen and oxygen atoms in total. The van der Waals surface area contributed by atoms with Gasteiger partial charge >= 0.3 is 6.03 Å².